The van der Waals surface area contributed by atoms with E-state index in [4.69, 9.17) is 0 Å². The van der Waals surface area contributed by atoms with Crippen LogP contribution in [0.3, 0.4) is 0 Å². The summed E-state index contributed by atoms with van der Waals surface area (Å²) >= 11 is 0. The number of rotatable bonds is 1. The Balaban J connectivity index is 2.69. The van der Waals surface area contributed by atoms with Gasteiger partial charge in [-0.3, -0.25) is 4.98 Å². The number of hydrogen-bond donors (Lipinski definition) is 0. The van der Waals surface area contributed by atoms with Gasteiger partial charge in [0, 0.05) is 0 Å². The number of nitrogens with zero attached hydrogens (tertiary/aromatic N) is 2. The molecular weight excluding hydrogens is 217 g/mol. The van der Waals surface area contributed by atoms with Crippen molar-refractivity contribution in [3.8, 4) is 11.8 Å². The Labute approximate surface area is 91.9 Å². The summed E-state index contributed by atoms with van der Waals surface area (Å²) in [6.45, 7) is 3.91. The van der Waals surface area contributed by atoms with Crippen molar-refractivity contribution in [2.24, 2.45) is 0 Å². The second-order valence-electron chi connectivity index (χ2n) is 3.57. The highest BCUT2D eigenvalue weighted by molar-refractivity contribution is 5.25. The fraction of sp³-hybridized carbons (Fsp3) is 0.455. The molecule has 0 aliphatic carbocycles. The maximum atomic E-state index is 11.8. The Hall–Kier alpha value is -1.57. The standard InChI is InChI=1S/C11H11F3N2/c1-8(2)10-7-15-9(6-16-10)4-3-5-11(12,13)14/h6-8H,5H2,1-2H3. The van der Waals surface area contributed by atoms with Gasteiger partial charge in [-0.15, -0.1) is 0 Å². The van der Waals surface area contributed by atoms with Crippen molar-refractivity contribution in [3.63, 3.8) is 0 Å². The Morgan fingerprint density at radius 2 is 1.94 bits per heavy atom. The van der Waals surface area contributed by atoms with Crippen molar-refractivity contribution >= 4 is 0 Å². The van der Waals surface area contributed by atoms with Crippen molar-refractivity contribution in [1.29, 1.82) is 0 Å². The second kappa shape index (κ2) is 4.97. The zero-order valence-corrected chi connectivity index (χ0v) is 8.97. The van der Waals surface area contributed by atoms with Crippen molar-refractivity contribution in [1.82, 2.24) is 9.97 Å². The van der Waals surface area contributed by atoms with Crippen LogP contribution in [0.15, 0.2) is 12.4 Å². The normalized spacial score (nSPS) is 11.1. The van der Waals surface area contributed by atoms with E-state index >= 15 is 0 Å². The van der Waals surface area contributed by atoms with E-state index in [1.165, 1.54) is 12.4 Å². The monoisotopic (exact) mass is 228 g/mol. The average Bonchev–Trinajstić information content (AvgIpc) is 2.16. The van der Waals surface area contributed by atoms with Crippen molar-refractivity contribution in [3.05, 3.63) is 23.8 Å². The van der Waals surface area contributed by atoms with Crippen molar-refractivity contribution in [2.45, 2.75) is 32.4 Å². The van der Waals surface area contributed by atoms with Gasteiger partial charge in [-0.2, -0.15) is 13.2 Å². The molecule has 0 aliphatic heterocycles. The maximum absolute atomic E-state index is 11.8. The molecule has 0 atom stereocenters. The summed E-state index contributed by atoms with van der Waals surface area (Å²) in [5.41, 5.74) is 1.05. The van der Waals surface area contributed by atoms with Crippen LogP contribution in [-0.2, 0) is 0 Å². The van der Waals surface area contributed by atoms with Crippen LogP contribution in [0.2, 0.25) is 0 Å². The van der Waals surface area contributed by atoms with E-state index in [1.807, 2.05) is 19.8 Å². The molecule has 0 saturated carbocycles. The minimum atomic E-state index is -4.25. The zero-order valence-electron chi connectivity index (χ0n) is 8.97. The average molecular weight is 228 g/mol. The molecule has 86 valence electrons. The number of halogens is 3. The summed E-state index contributed by atoms with van der Waals surface area (Å²) in [6, 6.07) is 0. The third-order valence-electron chi connectivity index (χ3n) is 1.77. The van der Waals surface area contributed by atoms with Crippen molar-refractivity contribution in [2.75, 3.05) is 0 Å². The van der Waals surface area contributed by atoms with Gasteiger partial charge < -0.3 is 0 Å². The fourth-order valence-corrected chi connectivity index (χ4v) is 0.936. The fourth-order valence-electron chi connectivity index (χ4n) is 0.936. The summed E-state index contributed by atoms with van der Waals surface area (Å²) in [5.74, 6) is 4.58. The minimum absolute atomic E-state index is 0.240. The largest absolute Gasteiger partial charge is 0.399 e. The van der Waals surface area contributed by atoms with Gasteiger partial charge in [0.25, 0.3) is 0 Å². The van der Waals surface area contributed by atoms with Gasteiger partial charge in [-0.05, 0) is 11.8 Å². The van der Waals surface area contributed by atoms with Crippen LogP contribution in [-0.4, -0.2) is 16.1 Å². The van der Waals surface area contributed by atoms with Gasteiger partial charge in [0.1, 0.15) is 12.1 Å². The first-order valence-corrected chi connectivity index (χ1v) is 4.76. The molecule has 0 N–H and O–H groups in total. The summed E-state index contributed by atoms with van der Waals surface area (Å²) < 4.78 is 35.4. The van der Waals surface area contributed by atoms with Crippen LogP contribution in [0, 0.1) is 11.8 Å². The number of aromatic nitrogens is 2. The van der Waals surface area contributed by atoms with E-state index in [0.717, 1.165) is 5.69 Å². The second-order valence-corrected chi connectivity index (χ2v) is 3.57. The molecule has 1 aromatic heterocycles. The topological polar surface area (TPSA) is 25.8 Å². The van der Waals surface area contributed by atoms with Crippen LogP contribution in [0.25, 0.3) is 0 Å². The molecule has 16 heavy (non-hydrogen) atoms. The van der Waals surface area contributed by atoms with Gasteiger partial charge in [0.15, 0.2) is 0 Å². The molecule has 0 radical (unpaired) electrons. The Morgan fingerprint density at radius 1 is 1.25 bits per heavy atom. The molecule has 0 saturated heterocycles. The van der Waals surface area contributed by atoms with E-state index in [1.54, 1.807) is 0 Å². The Bertz CT molecular complexity index is 396. The molecular formula is C11H11F3N2. The van der Waals surface area contributed by atoms with Crippen LogP contribution >= 0.6 is 0 Å². The van der Waals surface area contributed by atoms with Gasteiger partial charge in [0.05, 0.1) is 18.1 Å². The summed E-state index contributed by atoms with van der Waals surface area (Å²) in [4.78, 5) is 7.96. The molecule has 0 fully saturated rings. The lowest BCUT2D eigenvalue weighted by atomic mass is 10.1. The lowest BCUT2D eigenvalue weighted by Crippen LogP contribution is -2.04. The van der Waals surface area contributed by atoms with Crippen molar-refractivity contribution < 1.29 is 13.2 Å². The van der Waals surface area contributed by atoms with E-state index in [2.05, 4.69) is 15.9 Å². The molecule has 1 aromatic rings. The lowest BCUT2D eigenvalue weighted by Gasteiger charge is -2.01. The van der Waals surface area contributed by atoms with Gasteiger partial charge >= 0.3 is 6.18 Å². The summed E-state index contributed by atoms with van der Waals surface area (Å²) in [5, 5.41) is 0. The first-order valence-electron chi connectivity index (χ1n) is 4.76. The molecule has 0 unspecified atom stereocenters. The predicted octanol–water partition coefficient (Wildman–Crippen LogP) is 2.90. The predicted molar refractivity (Wildman–Crippen MR) is 53.7 cm³/mol. The SMILES string of the molecule is CC(C)c1cnc(C#CCC(F)(F)F)cn1. The lowest BCUT2D eigenvalue weighted by molar-refractivity contribution is -0.123. The van der Waals surface area contributed by atoms with E-state index in [-0.39, 0.29) is 11.6 Å². The van der Waals surface area contributed by atoms with Crippen LogP contribution < -0.4 is 0 Å². The highest BCUT2D eigenvalue weighted by Crippen LogP contribution is 2.18. The highest BCUT2D eigenvalue weighted by atomic mass is 19.4. The van der Waals surface area contributed by atoms with E-state index in [0.29, 0.717) is 0 Å². The van der Waals surface area contributed by atoms with Crippen LogP contribution in [0.5, 0.6) is 0 Å². The van der Waals surface area contributed by atoms with E-state index in [9.17, 15) is 13.2 Å². The van der Waals surface area contributed by atoms with Crippen LogP contribution in [0.4, 0.5) is 13.2 Å². The first-order chi connectivity index (χ1) is 7.38. The third kappa shape index (κ3) is 4.30. The number of alkyl halides is 3. The molecule has 5 heteroatoms. The minimum Gasteiger partial charge on any atom is -0.256 e. The molecule has 0 aromatic carbocycles. The molecule has 0 aliphatic rings. The molecule has 0 spiro atoms. The third-order valence-corrected chi connectivity index (χ3v) is 1.77. The maximum Gasteiger partial charge on any atom is 0.399 e. The quantitative estimate of drug-likeness (QED) is 0.691. The van der Waals surface area contributed by atoms with E-state index < -0.39 is 12.6 Å². The smallest absolute Gasteiger partial charge is 0.256 e. The molecule has 0 amide bonds. The summed E-state index contributed by atoms with van der Waals surface area (Å²) in [6.07, 6.45) is -2.46. The molecule has 1 rings (SSSR count). The van der Waals surface area contributed by atoms with Crippen LogP contribution in [0.1, 0.15) is 37.6 Å². The van der Waals surface area contributed by atoms with Gasteiger partial charge in [0.2, 0.25) is 0 Å². The molecule has 2 nitrogen and oxygen atoms in total. The first kappa shape index (κ1) is 12.5. The Morgan fingerprint density at radius 3 is 2.38 bits per heavy atom. The summed E-state index contributed by atoms with van der Waals surface area (Å²) in [7, 11) is 0. The molecule has 0 bridgehead atoms. The zero-order chi connectivity index (χ0) is 12.2. The van der Waals surface area contributed by atoms with Gasteiger partial charge in [-0.25, -0.2) is 4.98 Å². The van der Waals surface area contributed by atoms with Gasteiger partial charge in [-0.1, -0.05) is 19.8 Å². The number of hydrogen-bond acceptors (Lipinski definition) is 2. The highest BCUT2D eigenvalue weighted by Gasteiger charge is 2.25. The molecule has 1 heterocycles. The Kier molecular flexibility index (Phi) is 3.88.